The van der Waals surface area contributed by atoms with Crippen molar-refractivity contribution in [3.63, 3.8) is 0 Å². The van der Waals surface area contributed by atoms with Gasteiger partial charge in [0.2, 0.25) is 11.8 Å². The number of hydrogen-bond acceptors (Lipinski definition) is 5. The van der Waals surface area contributed by atoms with Crippen LogP contribution >= 0.6 is 0 Å². The van der Waals surface area contributed by atoms with Crippen LogP contribution in [-0.2, 0) is 20.9 Å². The summed E-state index contributed by atoms with van der Waals surface area (Å²) in [6.07, 6.45) is 3.04. The second-order valence-electron chi connectivity index (χ2n) is 7.08. The number of fused-ring (bicyclic) bond motifs is 5. The lowest BCUT2D eigenvalue weighted by Gasteiger charge is -2.14. The molecule has 128 valence electrons. The summed E-state index contributed by atoms with van der Waals surface area (Å²) >= 11 is 0. The smallest absolute Gasteiger partial charge is 0.258 e. The molecule has 0 N–H and O–H groups in total. The molecule has 7 nitrogen and oxygen atoms in total. The maximum atomic E-state index is 12.7. The number of carbonyl (C=O) groups excluding carboxylic acids is 2. The summed E-state index contributed by atoms with van der Waals surface area (Å²) in [4.78, 5) is 30.8. The molecule has 25 heavy (non-hydrogen) atoms. The first kappa shape index (κ1) is 14.8. The Bertz CT molecular complexity index is 849. The van der Waals surface area contributed by atoms with E-state index >= 15 is 0 Å². The van der Waals surface area contributed by atoms with Crippen molar-refractivity contribution in [3.05, 3.63) is 41.7 Å². The first-order chi connectivity index (χ1) is 12.1. The van der Waals surface area contributed by atoms with Crippen molar-refractivity contribution in [2.75, 3.05) is 4.90 Å². The van der Waals surface area contributed by atoms with Crippen molar-refractivity contribution in [3.8, 4) is 0 Å². The monoisotopic (exact) mass is 338 g/mol. The molecular weight excluding hydrogens is 320 g/mol. The molecule has 1 aromatic heterocycles. The highest BCUT2D eigenvalue weighted by Crippen LogP contribution is 2.48. The lowest BCUT2D eigenvalue weighted by Crippen LogP contribution is -2.35. The Morgan fingerprint density at radius 2 is 1.88 bits per heavy atom. The Balaban J connectivity index is 1.40. The molecule has 2 amide bonds. The number of benzene rings is 1. The Hall–Kier alpha value is -2.54. The van der Waals surface area contributed by atoms with Crippen LogP contribution < -0.4 is 4.90 Å². The number of hydrogen-bond donors (Lipinski definition) is 0. The van der Waals surface area contributed by atoms with Crippen LogP contribution in [0.25, 0.3) is 0 Å². The zero-order valence-corrected chi connectivity index (χ0v) is 13.8. The summed E-state index contributed by atoms with van der Waals surface area (Å²) in [6.45, 7) is 2.58. The number of ether oxygens (including phenoxy) is 1. The summed E-state index contributed by atoms with van der Waals surface area (Å²) < 4.78 is 7.40. The van der Waals surface area contributed by atoms with Crippen molar-refractivity contribution < 1.29 is 14.3 Å². The van der Waals surface area contributed by atoms with Crippen LogP contribution in [-0.4, -0.2) is 38.8 Å². The summed E-state index contributed by atoms with van der Waals surface area (Å²) in [5.41, 5.74) is 2.27. The summed E-state index contributed by atoms with van der Waals surface area (Å²) in [5, 5.41) is 4.36. The molecule has 1 aromatic carbocycles. The van der Waals surface area contributed by atoms with Gasteiger partial charge in [0, 0.05) is 0 Å². The molecule has 2 aromatic rings. The number of rotatable bonds is 3. The van der Waals surface area contributed by atoms with Gasteiger partial charge >= 0.3 is 0 Å². The molecule has 7 heteroatoms. The average molecular weight is 338 g/mol. The number of imide groups is 1. The van der Waals surface area contributed by atoms with E-state index in [4.69, 9.17) is 4.74 Å². The molecule has 0 radical (unpaired) electrons. The zero-order chi connectivity index (χ0) is 17.1. The predicted molar refractivity (Wildman–Crippen MR) is 87.7 cm³/mol. The minimum Gasteiger partial charge on any atom is -0.373 e. The predicted octanol–water partition coefficient (Wildman–Crippen LogP) is 1.30. The second-order valence-corrected chi connectivity index (χ2v) is 7.08. The molecule has 4 atom stereocenters. The molecule has 3 fully saturated rings. The molecule has 3 aliphatic rings. The van der Waals surface area contributed by atoms with Crippen molar-refractivity contribution in [1.82, 2.24) is 14.8 Å². The minimum atomic E-state index is -0.352. The van der Waals surface area contributed by atoms with Gasteiger partial charge in [0.15, 0.2) is 0 Å². The fourth-order valence-electron chi connectivity index (χ4n) is 4.37. The van der Waals surface area contributed by atoms with Crippen molar-refractivity contribution in [1.29, 1.82) is 0 Å². The third kappa shape index (κ3) is 2.15. The number of anilines is 1. The van der Waals surface area contributed by atoms with Crippen molar-refractivity contribution in [2.24, 2.45) is 11.8 Å². The third-order valence-corrected chi connectivity index (χ3v) is 5.44. The standard InChI is InChI=1S/C18H18N4O3/c1-10-3-2-4-11(7-10)8-21-9-19-18(20-21)22-16(23)14-12-5-6-13(25-12)15(14)17(22)24/h2-4,7,9,12-15H,5-6,8H2,1H3/t12-,13-,14-,15+/m1/s1. The van der Waals surface area contributed by atoms with E-state index in [9.17, 15) is 9.59 Å². The Morgan fingerprint density at radius 1 is 1.16 bits per heavy atom. The van der Waals surface area contributed by atoms with E-state index in [-0.39, 0.29) is 41.8 Å². The van der Waals surface area contributed by atoms with Crippen LogP contribution in [0.4, 0.5) is 5.95 Å². The number of carbonyl (C=O) groups is 2. The first-order valence-electron chi connectivity index (χ1n) is 8.60. The number of amides is 2. The highest BCUT2D eigenvalue weighted by Gasteiger charge is 2.63. The highest BCUT2D eigenvalue weighted by molar-refractivity contribution is 6.21. The third-order valence-electron chi connectivity index (χ3n) is 5.44. The van der Waals surface area contributed by atoms with Gasteiger partial charge in [-0.3, -0.25) is 9.59 Å². The van der Waals surface area contributed by atoms with Gasteiger partial charge < -0.3 is 4.74 Å². The number of aromatic nitrogens is 3. The molecule has 0 spiro atoms. The quantitative estimate of drug-likeness (QED) is 0.789. The Kier molecular flexibility index (Phi) is 3.09. The summed E-state index contributed by atoms with van der Waals surface area (Å²) in [6, 6.07) is 8.12. The van der Waals surface area contributed by atoms with Gasteiger partial charge in [-0.2, -0.15) is 4.98 Å². The van der Waals surface area contributed by atoms with Gasteiger partial charge in [-0.15, -0.1) is 5.10 Å². The van der Waals surface area contributed by atoms with Crippen LogP contribution in [0.15, 0.2) is 30.6 Å². The van der Waals surface area contributed by atoms with Crippen LogP contribution in [0.1, 0.15) is 24.0 Å². The van der Waals surface area contributed by atoms with Gasteiger partial charge in [0.1, 0.15) is 6.33 Å². The molecule has 4 heterocycles. The zero-order valence-electron chi connectivity index (χ0n) is 13.8. The average Bonchev–Trinajstić information content (AvgIpc) is 3.33. The van der Waals surface area contributed by atoms with Gasteiger partial charge in [-0.25, -0.2) is 9.58 Å². The van der Waals surface area contributed by atoms with Crippen LogP contribution in [0, 0.1) is 18.8 Å². The Morgan fingerprint density at radius 3 is 2.56 bits per heavy atom. The van der Waals surface area contributed by atoms with E-state index < -0.39 is 0 Å². The number of nitrogens with zero attached hydrogens (tertiary/aromatic N) is 4. The SMILES string of the molecule is Cc1cccc(Cn2cnc(N3C(=O)[C@@H]4[C@H](C3=O)[C@H]3CC[C@H]4O3)n2)c1. The fraction of sp³-hybridized carbons (Fsp3) is 0.444. The molecule has 2 bridgehead atoms. The summed E-state index contributed by atoms with van der Waals surface area (Å²) in [7, 11) is 0. The van der Waals surface area contributed by atoms with E-state index in [1.54, 1.807) is 11.0 Å². The number of aryl methyl sites for hydroxylation is 1. The maximum Gasteiger partial charge on any atom is 0.258 e. The van der Waals surface area contributed by atoms with Gasteiger partial charge in [-0.1, -0.05) is 29.8 Å². The lowest BCUT2D eigenvalue weighted by molar-refractivity contribution is -0.124. The van der Waals surface area contributed by atoms with Crippen LogP contribution in [0.2, 0.25) is 0 Å². The highest BCUT2D eigenvalue weighted by atomic mass is 16.5. The maximum absolute atomic E-state index is 12.7. The second kappa shape index (κ2) is 5.23. The molecule has 3 aliphatic heterocycles. The van der Waals surface area contributed by atoms with Crippen molar-refractivity contribution in [2.45, 2.75) is 38.5 Å². The molecule has 5 rings (SSSR count). The molecule has 0 unspecified atom stereocenters. The topological polar surface area (TPSA) is 77.3 Å². The van der Waals surface area contributed by atoms with Crippen LogP contribution in [0.3, 0.4) is 0 Å². The normalized spacial score (nSPS) is 30.4. The first-order valence-corrected chi connectivity index (χ1v) is 8.60. The van der Waals surface area contributed by atoms with Gasteiger partial charge in [0.25, 0.3) is 5.95 Å². The molecular formula is C18H18N4O3. The van der Waals surface area contributed by atoms with E-state index in [1.165, 1.54) is 5.56 Å². The lowest BCUT2D eigenvalue weighted by atomic mass is 9.81. The summed E-state index contributed by atoms with van der Waals surface area (Å²) in [5.74, 6) is -0.951. The van der Waals surface area contributed by atoms with E-state index in [1.807, 2.05) is 25.1 Å². The van der Waals surface area contributed by atoms with Crippen molar-refractivity contribution >= 4 is 17.8 Å². The van der Waals surface area contributed by atoms with E-state index in [0.717, 1.165) is 23.3 Å². The van der Waals surface area contributed by atoms with E-state index in [0.29, 0.717) is 6.54 Å². The molecule has 0 aliphatic carbocycles. The molecule has 0 saturated carbocycles. The van der Waals surface area contributed by atoms with Gasteiger partial charge in [-0.05, 0) is 25.3 Å². The van der Waals surface area contributed by atoms with Gasteiger partial charge in [0.05, 0.1) is 30.6 Å². The molecule has 3 saturated heterocycles. The fourth-order valence-corrected chi connectivity index (χ4v) is 4.37. The Labute approximate surface area is 144 Å². The largest absolute Gasteiger partial charge is 0.373 e. The van der Waals surface area contributed by atoms with Crippen LogP contribution in [0.5, 0.6) is 0 Å². The minimum absolute atomic E-state index is 0.120. The van der Waals surface area contributed by atoms with E-state index in [2.05, 4.69) is 16.1 Å².